The Hall–Kier alpha value is -1.90. The molecule has 10 heteroatoms. The lowest BCUT2D eigenvalue weighted by Crippen LogP contribution is -2.42. The first-order valence-electron chi connectivity index (χ1n) is 8.17. The first-order chi connectivity index (χ1) is 11.5. The van der Waals surface area contributed by atoms with Crippen molar-refractivity contribution in [1.29, 1.82) is 0 Å². The molecule has 3 N–H and O–H groups in total. The number of amides is 1. The van der Waals surface area contributed by atoms with Crippen LogP contribution in [0.15, 0.2) is 15.7 Å². The van der Waals surface area contributed by atoms with Crippen molar-refractivity contribution in [1.82, 2.24) is 25.2 Å². The Morgan fingerprint density at radius 3 is 2.65 bits per heavy atom. The minimum atomic E-state index is -0.630. The van der Waals surface area contributed by atoms with Gasteiger partial charge in [0.05, 0.1) is 5.39 Å². The molecule has 144 valence electrons. The van der Waals surface area contributed by atoms with Crippen molar-refractivity contribution in [3.8, 4) is 0 Å². The van der Waals surface area contributed by atoms with E-state index in [1.54, 1.807) is 13.0 Å². The molecule has 1 fully saturated rings. The molecule has 0 radical (unpaired) electrons. The third kappa shape index (κ3) is 4.25. The molecular formula is C16H23Cl2N5O3. The van der Waals surface area contributed by atoms with Gasteiger partial charge in [0, 0.05) is 19.1 Å². The molecule has 1 atom stereocenters. The van der Waals surface area contributed by atoms with Crippen LogP contribution in [0.1, 0.15) is 35.8 Å². The van der Waals surface area contributed by atoms with Crippen molar-refractivity contribution in [3.63, 3.8) is 0 Å². The van der Waals surface area contributed by atoms with Gasteiger partial charge in [0.15, 0.2) is 0 Å². The molecular weight excluding hydrogens is 381 g/mol. The monoisotopic (exact) mass is 403 g/mol. The molecule has 2 aromatic rings. The highest BCUT2D eigenvalue weighted by molar-refractivity contribution is 5.95. The zero-order valence-electron chi connectivity index (χ0n) is 14.6. The van der Waals surface area contributed by atoms with Crippen LogP contribution in [0.25, 0.3) is 11.0 Å². The van der Waals surface area contributed by atoms with Crippen LogP contribution in [0.3, 0.4) is 0 Å². The van der Waals surface area contributed by atoms with E-state index >= 15 is 0 Å². The van der Waals surface area contributed by atoms with Crippen molar-refractivity contribution in [3.05, 3.63) is 38.2 Å². The summed E-state index contributed by atoms with van der Waals surface area (Å²) < 4.78 is 0. The Balaban J connectivity index is 0.00000169. The highest BCUT2D eigenvalue weighted by atomic mass is 35.5. The molecule has 0 spiro atoms. The SMILES string of the molecule is CCCN(C(=O)c1cc(C)c2c(=O)[nH]c(=O)[nH]c2n1)C1CCNC1.Cl.Cl. The molecule has 8 nitrogen and oxygen atoms in total. The summed E-state index contributed by atoms with van der Waals surface area (Å²) in [6.45, 7) is 6.07. The molecule has 0 saturated carbocycles. The molecule has 2 aromatic heterocycles. The van der Waals surface area contributed by atoms with E-state index in [1.165, 1.54) is 0 Å². The van der Waals surface area contributed by atoms with Crippen LogP contribution in [-0.2, 0) is 0 Å². The van der Waals surface area contributed by atoms with Gasteiger partial charge >= 0.3 is 5.69 Å². The number of carbonyl (C=O) groups excluding carboxylic acids is 1. The van der Waals surface area contributed by atoms with E-state index in [4.69, 9.17) is 0 Å². The van der Waals surface area contributed by atoms with Gasteiger partial charge in [0.25, 0.3) is 11.5 Å². The number of carbonyl (C=O) groups is 1. The standard InChI is InChI=1S/C16H21N5O3.2ClH/c1-3-6-21(10-4-5-17-8-10)15(23)11-7-9(2)12-13(18-11)19-16(24)20-14(12)22;;/h7,10,17H,3-6,8H2,1-2H3,(H2,18,19,20,22,24);2*1H. The number of fused-ring (bicyclic) bond motifs is 1. The largest absolute Gasteiger partial charge is 0.333 e. The molecule has 26 heavy (non-hydrogen) atoms. The van der Waals surface area contributed by atoms with E-state index in [-0.39, 0.29) is 48.1 Å². The summed E-state index contributed by atoms with van der Waals surface area (Å²) >= 11 is 0. The number of nitrogens with zero attached hydrogens (tertiary/aromatic N) is 2. The van der Waals surface area contributed by atoms with Crippen LogP contribution >= 0.6 is 24.8 Å². The van der Waals surface area contributed by atoms with Gasteiger partial charge in [-0.1, -0.05) is 6.92 Å². The lowest BCUT2D eigenvalue weighted by atomic mass is 10.1. The maximum Gasteiger partial charge on any atom is 0.327 e. The molecule has 3 heterocycles. The fourth-order valence-electron chi connectivity index (χ4n) is 3.21. The maximum atomic E-state index is 12.9. The van der Waals surface area contributed by atoms with E-state index in [2.05, 4.69) is 20.3 Å². The third-order valence-corrected chi connectivity index (χ3v) is 4.32. The van der Waals surface area contributed by atoms with Crippen molar-refractivity contribution in [2.45, 2.75) is 32.7 Å². The predicted octanol–water partition coefficient (Wildman–Crippen LogP) is 0.978. The summed E-state index contributed by atoms with van der Waals surface area (Å²) in [6, 6.07) is 1.76. The van der Waals surface area contributed by atoms with Crippen molar-refractivity contribution >= 4 is 41.8 Å². The van der Waals surface area contributed by atoms with Gasteiger partial charge in [-0.2, -0.15) is 0 Å². The molecule has 1 saturated heterocycles. The first kappa shape index (κ1) is 22.1. The topological polar surface area (TPSA) is 111 Å². The normalized spacial score (nSPS) is 16.0. The zero-order valence-corrected chi connectivity index (χ0v) is 16.3. The predicted molar refractivity (Wildman–Crippen MR) is 105 cm³/mol. The first-order valence-corrected chi connectivity index (χ1v) is 8.17. The van der Waals surface area contributed by atoms with Gasteiger partial charge in [-0.25, -0.2) is 9.78 Å². The molecule has 1 amide bonds. The van der Waals surface area contributed by atoms with Crippen LogP contribution in [0.4, 0.5) is 0 Å². The lowest BCUT2D eigenvalue weighted by molar-refractivity contribution is 0.0686. The van der Waals surface area contributed by atoms with Crippen molar-refractivity contribution in [2.24, 2.45) is 0 Å². The second kappa shape index (κ2) is 9.16. The average Bonchev–Trinajstić information content (AvgIpc) is 3.04. The van der Waals surface area contributed by atoms with Crippen molar-refractivity contribution in [2.75, 3.05) is 19.6 Å². The fraction of sp³-hybridized carbons (Fsp3) is 0.500. The fourth-order valence-corrected chi connectivity index (χ4v) is 3.21. The number of aryl methyl sites for hydroxylation is 1. The number of H-pyrrole nitrogens is 2. The van der Waals surface area contributed by atoms with Gasteiger partial charge < -0.3 is 10.2 Å². The lowest BCUT2D eigenvalue weighted by Gasteiger charge is -2.28. The van der Waals surface area contributed by atoms with Gasteiger partial charge in [-0.3, -0.25) is 19.6 Å². The summed E-state index contributed by atoms with van der Waals surface area (Å²) in [5.74, 6) is -0.170. The number of halogens is 2. The number of aromatic nitrogens is 3. The highest BCUT2D eigenvalue weighted by Crippen LogP contribution is 2.16. The molecule has 1 aliphatic rings. The molecule has 0 bridgehead atoms. The minimum Gasteiger partial charge on any atom is -0.333 e. The summed E-state index contributed by atoms with van der Waals surface area (Å²) in [5, 5.41) is 3.57. The second-order valence-electron chi connectivity index (χ2n) is 6.10. The number of hydrogen-bond acceptors (Lipinski definition) is 5. The van der Waals surface area contributed by atoms with Crippen LogP contribution in [-0.4, -0.2) is 51.4 Å². The van der Waals surface area contributed by atoms with Gasteiger partial charge in [-0.05, 0) is 37.9 Å². The zero-order chi connectivity index (χ0) is 17.3. The third-order valence-electron chi connectivity index (χ3n) is 4.32. The highest BCUT2D eigenvalue weighted by Gasteiger charge is 2.28. The Morgan fingerprint density at radius 1 is 1.31 bits per heavy atom. The molecule has 3 rings (SSSR count). The summed E-state index contributed by atoms with van der Waals surface area (Å²) in [6.07, 6.45) is 1.76. The van der Waals surface area contributed by atoms with Gasteiger partial charge in [-0.15, -0.1) is 24.8 Å². The molecule has 1 unspecified atom stereocenters. The number of aromatic amines is 2. The Bertz CT molecular complexity index is 890. The van der Waals surface area contributed by atoms with Crippen LogP contribution in [0.5, 0.6) is 0 Å². The summed E-state index contributed by atoms with van der Waals surface area (Å²) in [5.41, 5.74) is -0.117. The Kier molecular flexibility index (Phi) is 7.80. The van der Waals surface area contributed by atoms with Gasteiger partial charge in [0.2, 0.25) is 0 Å². The van der Waals surface area contributed by atoms with Crippen LogP contribution < -0.4 is 16.6 Å². The van der Waals surface area contributed by atoms with E-state index in [0.717, 1.165) is 25.9 Å². The summed E-state index contributed by atoms with van der Waals surface area (Å²) in [4.78, 5) is 47.1. The van der Waals surface area contributed by atoms with E-state index in [0.29, 0.717) is 17.5 Å². The smallest absolute Gasteiger partial charge is 0.327 e. The van der Waals surface area contributed by atoms with Crippen LogP contribution in [0.2, 0.25) is 0 Å². The Labute approximate surface area is 162 Å². The number of nitrogens with one attached hydrogen (secondary N) is 3. The second-order valence-corrected chi connectivity index (χ2v) is 6.10. The number of pyridine rings is 1. The number of rotatable bonds is 4. The maximum absolute atomic E-state index is 12.9. The Morgan fingerprint density at radius 2 is 2.04 bits per heavy atom. The average molecular weight is 404 g/mol. The van der Waals surface area contributed by atoms with Gasteiger partial charge in [0.1, 0.15) is 11.3 Å². The van der Waals surface area contributed by atoms with E-state index in [9.17, 15) is 14.4 Å². The summed E-state index contributed by atoms with van der Waals surface area (Å²) in [7, 11) is 0. The molecule has 0 aromatic carbocycles. The quantitative estimate of drug-likeness (QED) is 0.704. The molecule has 1 aliphatic heterocycles. The van der Waals surface area contributed by atoms with E-state index in [1.807, 2.05) is 11.8 Å². The minimum absolute atomic E-state index is 0. The number of hydrogen-bond donors (Lipinski definition) is 3. The molecule has 0 aliphatic carbocycles. The van der Waals surface area contributed by atoms with E-state index < -0.39 is 11.2 Å². The van der Waals surface area contributed by atoms with Crippen LogP contribution in [0, 0.1) is 6.92 Å². The van der Waals surface area contributed by atoms with Crippen molar-refractivity contribution < 1.29 is 4.79 Å².